The van der Waals surface area contributed by atoms with Crippen molar-refractivity contribution in [3.8, 4) is 0 Å². The van der Waals surface area contributed by atoms with Crippen LogP contribution in [0.3, 0.4) is 0 Å². The Balaban J connectivity index is -0.0000000417. The largest absolute Gasteiger partial charge is 1.00 e. The molecule has 0 amide bonds. The maximum atomic E-state index is 9.08. The van der Waals surface area contributed by atoms with Crippen LogP contribution in [0.15, 0.2) is 0 Å². The van der Waals surface area contributed by atoms with Crippen LogP contribution in [0.4, 0.5) is 0 Å². The van der Waals surface area contributed by atoms with Gasteiger partial charge in [0.25, 0.3) is 0 Å². The van der Waals surface area contributed by atoms with Crippen molar-refractivity contribution in [3.63, 3.8) is 0 Å². The first kappa shape index (κ1) is 16.5. The molecule has 0 atom stereocenters. The molecule has 8 heteroatoms. The molecule has 0 rings (SSSR count). The summed E-state index contributed by atoms with van der Waals surface area (Å²) in [5.74, 6) is 0. The molecule has 0 aromatic rings. The minimum absolute atomic E-state index is 0. The molecule has 0 aromatic carbocycles. The maximum Gasteiger partial charge on any atom is 1.00 e. The molecule has 0 unspecified atom stereocenters. The van der Waals surface area contributed by atoms with Crippen LogP contribution in [-0.4, -0.2) is 18.2 Å². The molecule has 8 heavy (non-hydrogen) atoms. The van der Waals surface area contributed by atoms with E-state index >= 15 is 0 Å². The summed E-state index contributed by atoms with van der Waals surface area (Å²) >= 11 is 0. The van der Waals surface area contributed by atoms with Gasteiger partial charge < -0.3 is 1.43 Å². The minimum Gasteiger partial charge on any atom is -1.00 e. The SMILES string of the molecule is O=S(=O)(O)OO.[Fe].[H-].[K+]. The van der Waals surface area contributed by atoms with Gasteiger partial charge in [-0.25, -0.2) is 5.26 Å². The molecule has 0 heterocycles. The van der Waals surface area contributed by atoms with Crippen LogP contribution in [0.5, 0.6) is 0 Å². The first-order valence-electron chi connectivity index (χ1n) is 0.865. The van der Waals surface area contributed by atoms with Gasteiger partial charge in [-0.3, -0.25) is 4.55 Å². The maximum absolute atomic E-state index is 9.08. The molecular formula is H3FeKO5S. The second kappa shape index (κ2) is 7.10. The van der Waals surface area contributed by atoms with E-state index in [-0.39, 0.29) is 69.9 Å². The topological polar surface area (TPSA) is 83.8 Å². The van der Waals surface area contributed by atoms with Crippen LogP contribution in [0.2, 0.25) is 0 Å². The van der Waals surface area contributed by atoms with E-state index in [1.807, 2.05) is 0 Å². The predicted octanol–water partition coefficient (Wildman–Crippen LogP) is -3.61. The predicted molar refractivity (Wildman–Crippen MR) is 16.4 cm³/mol. The molecule has 0 spiro atoms. The molecule has 5 nitrogen and oxygen atoms in total. The summed E-state index contributed by atoms with van der Waals surface area (Å²) in [6.07, 6.45) is 0. The van der Waals surface area contributed by atoms with Gasteiger partial charge in [0.2, 0.25) is 0 Å². The zero-order chi connectivity index (χ0) is 5.21. The van der Waals surface area contributed by atoms with Crippen LogP contribution in [0.25, 0.3) is 0 Å². The molecule has 0 saturated heterocycles. The van der Waals surface area contributed by atoms with Crippen LogP contribution < -0.4 is 51.4 Å². The average Bonchev–Trinajstić information content (AvgIpc) is 1.35. The summed E-state index contributed by atoms with van der Waals surface area (Å²) in [5, 5.41) is 7.06. The summed E-state index contributed by atoms with van der Waals surface area (Å²) in [4.78, 5) is 0. The second-order valence-electron chi connectivity index (χ2n) is 0.502. The van der Waals surface area contributed by atoms with Crippen LogP contribution in [-0.2, 0) is 31.8 Å². The van der Waals surface area contributed by atoms with Crippen LogP contribution in [0, 0.1) is 0 Å². The number of hydrogen-bond acceptors (Lipinski definition) is 4. The molecule has 0 saturated carbocycles. The van der Waals surface area contributed by atoms with Crippen molar-refractivity contribution in [2.24, 2.45) is 0 Å². The molecule has 0 bridgehead atoms. The summed E-state index contributed by atoms with van der Waals surface area (Å²) in [5.41, 5.74) is 0. The molecule has 2 N–H and O–H groups in total. The van der Waals surface area contributed by atoms with Crippen molar-refractivity contribution in [2.75, 3.05) is 0 Å². The Morgan fingerprint density at radius 3 is 1.62 bits per heavy atom. The van der Waals surface area contributed by atoms with Gasteiger partial charge in [0, 0.05) is 17.1 Å². The van der Waals surface area contributed by atoms with Crippen molar-refractivity contribution in [2.45, 2.75) is 0 Å². The van der Waals surface area contributed by atoms with Gasteiger partial charge in [-0.1, -0.05) is 4.33 Å². The third-order valence-electron chi connectivity index (χ3n) is 0.0942. The summed E-state index contributed by atoms with van der Waals surface area (Å²) < 4.78 is 28.0. The molecule has 0 radical (unpaired) electrons. The second-order valence-corrected chi connectivity index (χ2v) is 1.51. The van der Waals surface area contributed by atoms with Gasteiger partial charge >= 0.3 is 61.8 Å². The monoisotopic (exact) mass is 210 g/mol. The molecule has 0 aliphatic rings. The Bertz CT molecular complexity index is 119. The van der Waals surface area contributed by atoms with Gasteiger partial charge in [0.15, 0.2) is 0 Å². The van der Waals surface area contributed by atoms with Gasteiger partial charge in [0.05, 0.1) is 0 Å². The van der Waals surface area contributed by atoms with E-state index in [1.165, 1.54) is 0 Å². The summed E-state index contributed by atoms with van der Waals surface area (Å²) in [6, 6.07) is 0. The fourth-order valence-corrected chi connectivity index (χ4v) is 0. The van der Waals surface area contributed by atoms with Gasteiger partial charge in [-0.05, 0) is 0 Å². The third kappa shape index (κ3) is 15.7. The van der Waals surface area contributed by atoms with E-state index in [1.54, 1.807) is 0 Å². The average molecular weight is 210 g/mol. The number of hydrogen-bond donors (Lipinski definition) is 2. The molecule has 0 aliphatic heterocycles. The van der Waals surface area contributed by atoms with E-state index in [9.17, 15) is 0 Å². The smallest absolute Gasteiger partial charge is 1.00 e. The van der Waals surface area contributed by atoms with Gasteiger partial charge in [-0.2, -0.15) is 8.42 Å². The summed E-state index contributed by atoms with van der Waals surface area (Å²) in [6.45, 7) is 0. The standard InChI is InChI=1S/Fe.K.H2O5S.H/c;;1-5-6(2,3)4;/h;;1H,(H,2,3,4);/q;+1;;-1. The molecule has 48 valence electrons. The van der Waals surface area contributed by atoms with E-state index in [0.717, 1.165) is 0 Å². The van der Waals surface area contributed by atoms with E-state index in [4.69, 9.17) is 18.2 Å². The van der Waals surface area contributed by atoms with Crippen molar-refractivity contribution in [1.82, 2.24) is 0 Å². The molecule has 0 aromatic heterocycles. The quantitative estimate of drug-likeness (QED) is 0.202. The van der Waals surface area contributed by atoms with Crippen molar-refractivity contribution in [3.05, 3.63) is 0 Å². The zero-order valence-corrected chi connectivity index (χ0v) is 8.92. The van der Waals surface area contributed by atoms with E-state index in [2.05, 4.69) is 4.33 Å². The summed E-state index contributed by atoms with van der Waals surface area (Å²) in [7, 11) is -4.61. The third-order valence-corrected chi connectivity index (χ3v) is 0.283. The minimum atomic E-state index is -4.61. The Morgan fingerprint density at radius 2 is 1.62 bits per heavy atom. The van der Waals surface area contributed by atoms with Crippen LogP contribution >= 0.6 is 0 Å². The zero-order valence-electron chi connectivity index (χ0n) is 4.88. The van der Waals surface area contributed by atoms with Crippen molar-refractivity contribution < 1.29 is 92.4 Å². The van der Waals surface area contributed by atoms with E-state index in [0.29, 0.717) is 0 Å². The first-order chi connectivity index (χ1) is 2.56. The molecule has 0 aliphatic carbocycles. The van der Waals surface area contributed by atoms with Crippen LogP contribution in [0.1, 0.15) is 1.43 Å². The Labute approximate surface area is 101 Å². The fraction of sp³-hybridized carbons (Fsp3) is 0. The van der Waals surface area contributed by atoms with E-state index < -0.39 is 10.4 Å². The Kier molecular flexibility index (Phi) is 14.7. The Hall–Kier alpha value is 1.99. The van der Waals surface area contributed by atoms with Gasteiger partial charge in [0.1, 0.15) is 0 Å². The number of rotatable bonds is 1. The Morgan fingerprint density at radius 1 is 1.50 bits per heavy atom. The first-order valence-corrected chi connectivity index (χ1v) is 2.23. The molecule has 0 fully saturated rings. The fourth-order valence-electron chi connectivity index (χ4n) is 0. The normalized spacial score (nSPS) is 8.75. The van der Waals surface area contributed by atoms with Crippen molar-refractivity contribution >= 4 is 10.4 Å². The van der Waals surface area contributed by atoms with Gasteiger partial charge in [-0.15, -0.1) is 0 Å². The molecular weight excluding hydrogens is 207 g/mol. The van der Waals surface area contributed by atoms with Crippen molar-refractivity contribution in [1.29, 1.82) is 0 Å².